The van der Waals surface area contributed by atoms with Crippen LogP contribution >= 0.6 is 0 Å². The third-order valence-electron chi connectivity index (χ3n) is 5.32. The Labute approximate surface area is 171 Å². The molecule has 4 aromatic rings. The van der Waals surface area contributed by atoms with Crippen LogP contribution < -0.4 is 9.47 Å². The summed E-state index contributed by atoms with van der Waals surface area (Å²) in [6.45, 7) is 9.06. The lowest BCUT2D eigenvalue weighted by Crippen LogP contribution is -2.06. The molecule has 2 heterocycles. The van der Waals surface area contributed by atoms with Crippen LogP contribution in [0.5, 0.6) is 11.5 Å². The fraction of sp³-hybridized carbons (Fsp3) is 0.391. The van der Waals surface area contributed by atoms with Crippen molar-refractivity contribution in [1.82, 2.24) is 19.6 Å². The Balaban J connectivity index is 1.68. The van der Waals surface area contributed by atoms with Gasteiger partial charge in [-0.15, -0.1) is 0 Å². The van der Waals surface area contributed by atoms with Crippen molar-refractivity contribution in [1.29, 1.82) is 0 Å². The molecule has 0 amide bonds. The molecule has 6 heteroatoms. The number of rotatable bonds is 6. The van der Waals surface area contributed by atoms with E-state index in [9.17, 15) is 0 Å². The minimum Gasteiger partial charge on any atom is -0.494 e. The van der Waals surface area contributed by atoms with Crippen molar-refractivity contribution in [2.45, 2.75) is 46.3 Å². The molecule has 2 aromatic heterocycles. The molecule has 0 radical (unpaired) electrons. The van der Waals surface area contributed by atoms with Crippen LogP contribution in [0.2, 0.25) is 0 Å². The first-order chi connectivity index (χ1) is 13.9. The summed E-state index contributed by atoms with van der Waals surface area (Å²) in [7, 11) is 3.61. The minimum absolute atomic E-state index is 0.308. The normalized spacial score (nSPS) is 11.9. The Kier molecular flexibility index (Phi) is 4.94. The van der Waals surface area contributed by atoms with Gasteiger partial charge in [0, 0.05) is 30.2 Å². The smallest absolute Gasteiger partial charge is 0.181 e. The fourth-order valence-electron chi connectivity index (χ4n) is 3.85. The van der Waals surface area contributed by atoms with E-state index in [2.05, 4.69) is 51.1 Å². The van der Waals surface area contributed by atoms with Gasteiger partial charge in [0.2, 0.25) is 0 Å². The predicted molar refractivity (Wildman–Crippen MR) is 116 cm³/mol. The zero-order valence-electron chi connectivity index (χ0n) is 17.9. The highest BCUT2D eigenvalue weighted by Crippen LogP contribution is 2.33. The van der Waals surface area contributed by atoms with Gasteiger partial charge in [0.15, 0.2) is 6.73 Å². The molecule has 0 N–H and O–H groups in total. The van der Waals surface area contributed by atoms with Gasteiger partial charge in [-0.1, -0.05) is 39.8 Å². The number of aromatic nitrogens is 4. The van der Waals surface area contributed by atoms with E-state index in [1.54, 1.807) is 7.11 Å². The van der Waals surface area contributed by atoms with Gasteiger partial charge in [-0.3, -0.25) is 4.68 Å². The Hall–Kier alpha value is -3.02. The molecule has 0 unspecified atom stereocenters. The van der Waals surface area contributed by atoms with Crippen LogP contribution in [0.25, 0.3) is 21.8 Å². The highest BCUT2D eigenvalue weighted by molar-refractivity contribution is 5.88. The highest BCUT2D eigenvalue weighted by Gasteiger charge is 2.16. The van der Waals surface area contributed by atoms with Crippen LogP contribution in [0.1, 0.15) is 50.7 Å². The lowest BCUT2D eigenvalue weighted by atomic mass is 9.99. The Morgan fingerprint density at radius 3 is 2.03 bits per heavy atom. The van der Waals surface area contributed by atoms with E-state index >= 15 is 0 Å². The third kappa shape index (κ3) is 3.43. The maximum absolute atomic E-state index is 6.14. The molecular formula is C23H28N4O2. The maximum Gasteiger partial charge on any atom is 0.181 e. The second-order valence-corrected chi connectivity index (χ2v) is 8.09. The SMILES string of the molecule is COc1ccc(C(C)C)c2cn(COc3ccc(C(C)C)c4cn(C)nc34)nc12. The van der Waals surface area contributed by atoms with Crippen molar-refractivity contribution in [2.75, 3.05) is 7.11 Å². The van der Waals surface area contributed by atoms with Crippen molar-refractivity contribution < 1.29 is 9.47 Å². The first-order valence-corrected chi connectivity index (χ1v) is 10.0. The fourth-order valence-corrected chi connectivity index (χ4v) is 3.85. The second kappa shape index (κ2) is 7.43. The summed E-state index contributed by atoms with van der Waals surface area (Å²) in [6.07, 6.45) is 4.09. The van der Waals surface area contributed by atoms with E-state index in [1.807, 2.05) is 34.7 Å². The van der Waals surface area contributed by atoms with Crippen LogP contribution in [-0.2, 0) is 13.8 Å². The molecule has 0 saturated heterocycles. The summed E-state index contributed by atoms with van der Waals surface area (Å²) in [6, 6.07) is 8.23. The van der Waals surface area contributed by atoms with Gasteiger partial charge in [-0.25, -0.2) is 4.68 Å². The van der Waals surface area contributed by atoms with E-state index in [0.29, 0.717) is 18.6 Å². The van der Waals surface area contributed by atoms with Crippen LogP contribution in [-0.4, -0.2) is 26.7 Å². The molecule has 0 atom stereocenters. The number of aryl methyl sites for hydroxylation is 1. The molecule has 0 aliphatic rings. The Morgan fingerprint density at radius 2 is 1.41 bits per heavy atom. The standard InChI is InChI=1S/C23H28N4O2/c1-14(2)16-8-10-21(23-18(16)11-26(5)24-23)29-13-27-12-19-17(15(3)4)7-9-20(28-6)22(19)25-27/h7-12,14-15H,13H2,1-6H3. The number of hydrogen-bond donors (Lipinski definition) is 0. The molecule has 0 aliphatic carbocycles. The summed E-state index contributed by atoms with van der Waals surface area (Å²) < 4.78 is 15.3. The monoisotopic (exact) mass is 392 g/mol. The summed E-state index contributed by atoms with van der Waals surface area (Å²) in [4.78, 5) is 0. The summed E-state index contributed by atoms with van der Waals surface area (Å²) in [5.74, 6) is 2.37. The lowest BCUT2D eigenvalue weighted by Gasteiger charge is -2.11. The topological polar surface area (TPSA) is 54.1 Å². The van der Waals surface area contributed by atoms with Crippen molar-refractivity contribution in [3.05, 3.63) is 47.8 Å². The lowest BCUT2D eigenvalue weighted by molar-refractivity contribution is 0.224. The average molecular weight is 393 g/mol. The molecule has 29 heavy (non-hydrogen) atoms. The molecule has 0 saturated carbocycles. The largest absolute Gasteiger partial charge is 0.494 e. The van der Waals surface area contributed by atoms with Crippen LogP contribution in [0.15, 0.2) is 36.7 Å². The molecule has 0 fully saturated rings. The zero-order chi connectivity index (χ0) is 20.7. The molecule has 0 bridgehead atoms. The summed E-state index contributed by atoms with van der Waals surface area (Å²) >= 11 is 0. The third-order valence-corrected chi connectivity index (χ3v) is 5.32. The number of methoxy groups -OCH3 is 1. The zero-order valence-corrected chi connectivity index (χ0v) is 17.9. The number of ether oxygens (including phenoxy) is 2. The van der Waals surface area contributed by atoms with Crippen molar-refractivity contribution in [3.8, 4) is 11.5 Å². The van der Waals surface area contributed by atoms with Crippen molar-refractivity contribution in [3.63, 3.8) is 0 Å². The van der Waals surface area contributed by atoms with Gasteiger partial charge in [0.05, 0.1) is 7.11 Å². The quantitative estimate of drug-likeness (QED) is 0.452. The molecule has 0 spiro atoms. The second-order valence-electron chi connectivity index (χ2n) is 8.09. The van der Waals surface area contributed by atoms with E-state index in [4.69, 9.17) is 14.6 Å². The molecule has 2 aromatic carbocycles. The van der Waals surface area contributed by atoms with Gasteiger partial charge in [-0.2, -0.15) is 10.2 Å². The van der Waals surface area contributed by atoms with Gasteiger partial charge in [-0.05, 0) is 35.1 Å². The van der Waals surface area contributed by atoms with E-state index in [1.165, 1.54) is 11.1 Å². The highest BCUT2D eigenvalue weighted by atomic mass is 16.5. The average Bonchev–Trinajstić information content (AvgIpc) is 3.27. The van der Waals surface area contributed by atoms with Gasteiger partial charge >= 0.3 is 0 Å². The number of benzene rings is 2. The predicted octanol–water partition coefficient (Wildman–Crippen LogP) is 5.21. The first-order valence-electron chi connectivity index (χ1n) is 10.0. The minimum atomic E-state index is 0.308. The van der Waals surface area contributed by atoms with Crippen LogP contribution in [0, 0.1) is 0 Å². The number of hydrogen-bond acceptors (Lipinski definition) is 4. The Bertz CT molecular complexity index is 1170. The number of fused-ring (bicyclic) bond motifs is 2. The van der Waals surface area contributed by atoms with Gasteiger partial charge in [0.1, 0.15) is 22.5 Å². The first kappa shape index (κ1) is 19.3. The maximum atomic E-state index is 6.14. The number of nitrogens with zero attached hydrogens (tertiary/aromatic N) is 4. The van der Waals surface area contributed by atoms with Crippen LogP contribution in [0.3, 0.4) is 0 Å². The van der Waals surface area contributed by atoms with Gasteiger partial charge < -0.3 is 9.47 Å². The van der Waals surface area contributed by atoms with E-state index in [-0.39, 0.29) is 0 Å². The van der Waals surface area contributed by atoms with Gasteiger partial charge in [0.25, 0.3) is 0 Å². The molecule has 4 rings (SSSR count). The Morgan fingerprint density at radius 1 is 0.828 bits per heavy atom. The molecular weight excluding hydrogens is 364 g/mol. The molecule has 6 nitrogen and oxygen atoms in total. The van der Waals surface area contributed by atoms with E-state index in [0.717, 1.165) is 33.3 Å². The van der Waals surface area contributed by atoms with E-state index < -0.39 is 0 Å². The van der Waals surface area contributed by atoms with Crippen molar-refractivity contribution in [2.24, 2.45) is 7.05 Å². The molecule has 152 valence electrons. The molecule has 0 aliphatic heterocycles. The van der Waals surface area contributed by atoms with Crippen LogP contribution in [0.4, 0.5) is 0 Å². The van der Waals surface area contributed by atoms with Crippen molar-refractivity contribution >= 4 is 21.8 Å². The summed E-state index contributed by atoms with van der Waals surface area (Å²) in [5, 5.41) is 11.6. The summed E-state index contributed by atoms with van der Waals surface area (Å²) in [5.41, 5.74) is 4.27.